The van der Waals surface area contributed by atoms with Crippen molar-refractivity contribution in [1.29, 1.82) is 0 Å². The predicted octanol–water partition coefficient (Wildman–Crippen LogP) is 1.81. The van der Waals surface area contributed by atoms with Crippen molar-refractivity contribution >= 4 is 0 Å². The van der Waals surface area contributed by atoms with Crippen molar-refractivity contribution in [3.63, 3.8) is 0 Å². The molecule has 0 radical (unpaired) electrons. The Hall–Kier alpha value is -0.970. The van der Waals surface area contributed by atoms with Crippen molar-refractivity contribution in [3.05, 3.63) is 35.6 Å². The van der Waals surface area contributed by atoms with E-state index < -0.39 is 0 Å². The van der Waals surface area contributed by atoms with Crippen LogP contribution < -0.4 is 5.32 Å². The molecule has 3 nitrogen and oxygen atoms in total. The van der Waals surface area contributed by atoms with E-state index in [1.165, 1.54) is 6.07 Å². The first-order valence-electron chi connectivity index (χ1n) is 6.59. The summed E-state index contributed by atoms with van der Waals surface area (Å²) >= 11 is 0. The molecular formula is C14H21FN2O. The lowest BCUT2D eigenvalue weighted by atomic mass is 10.1. The second-order valence-electron chi connectivity index (χ2n) is 4.54. The van der Waals surface area contributed by atoms with E-state index in [9.17, 15) is 4.39 Å². The molecule has 0 saturated carbocycles. The number of benzene rings is 1. The van der Waals surface area contributed by atoms with Gasteiger partial charge in [0.1, 0.15) is 5.82 Å². The summed E-state index contributed by atoms with van der Waals surface area (Å²) < 4.78 is 19.2. The van der Waals surface area contributed by atoms with E-state index >= 15 is 0 Å². The molecule has 1 N–H and O–H groups in total. The zero-order valence-electron chi connectivity index (χ0n) is 10.9. The largest absolute Gasteiger partial charge is 0.379 e. The quantitative estimate of drug-likeness (QED) is 0.865. The van der Waals surface area contributed by atoms with Gasteiger partial charge in [-0.3, -0.25) is 4.90 Å². The van der Waals surface area contributed by atoms with Crippen LogP contribution in [-0.4, -0.2) is 44.3 Å². The van der Waals surface area contributed by atoms with Gasteiger partial charge >= 0.3 is 0 Å². The fourth-order valence-corrected chi connectivity index (χ4v) is 2.32. The lowest BCUT2D eigenvalue weighted by Crippen LogP contribution is -2.42. The monoisotopic (exact) mass is 252 g/mol. The second-order valence-corrected chi connectivity index (χ2v) is 4.54. The van der Waals surface area contributed by atoms with Crippen molar-refractivity contribution < 1.29 is 9.13 Å². The van der Waals surface area contributed by atoms with Crippen LogP contribution in [0.15, 0.2) is 24.3 Å². The lowest BCUT2D eigenvalue weighted by molar-refractivity contribution is 0.0333. The summed E-state index contributed by atoms with van der Waals surface area (Å²) in [4.78, 5) is 2.32. The molecule has 1 unspecified atom stereocenters. The van der Waals surface area contributed by atoms with Crippen LogP contribution in [0.5, 0.6) is 0 Å². The van der Waals surface area contributed by atoms with E-state index in [2.05, 4.69) is 10.2 Å². The third-order valence-corrected chi connectivity index (χ3v) is 3.28. The summed E-state index contributed by atoms with van der Waals surface area (Å²) in [6, 6.07) is 7.06. The number of rotatable bonds is 5. The summed E-state index contributed by atoms with van der Waals surface area (Å²) in [6.07, 6.45) is 0. The van der Waals surface area contributed by atoms with E-state index in [1.54, 1.807) is 6.07 Å². The predicted molar refractivity (Wildman–Crippen MR) is 70.1 cm³/mol. The Bertz CT molecular complexity index is 367. The fourth-order valence-electron chi connectivity index (χ4n) is 2.32. The molecule has 0 amide bonds. The van der Waals surface area contributed by atoms with Crippen LogP contribution in [0.1, 0.15) is 18.5 Å². The SMILES string of the molecule is CCNC(CN1CCOCC1)c1ccccc1F. The number of nitrogens with zero attached hydrogens (tertiary/aromatic N) is 1. The van der Waals surface area contributed by atoms with E-state index in [-0.39, 0.29) is 11.9 Å². The first-order valence-corrected chi connectivity index (χ1v) is 6.59. The van der Waals surface area contributed by atoms with Gasteiger partial charge in [0, 0.05) is 31.2 Å². The lowest BCUT2D eigenvalue weighted by Gasteiger charge is -2.31. The normalized spacial score (nSPS) is 18.8. The Morgan fingerprint density at radius 3 is 2.72 bits per heavy atom. The molecule has 1 fully saturated rings. The maximum Gasteiger partial charge on any atom is 0.128 e. The molecule has 1 aromatic carbocycles. The first kappa shape index (κ1) is 13.5. The minimum Gasteiger partial charge on any atom is -0.379 e. The minimum absolute atomic E-state index is 0.0503. The molecule has 0 bridgehead atoms. The number of halogens is 1. The molecule has 18 heavy (non-hydrogen) atoms. The van der Waals surface area contributed by atoms with Gasteiger partial charge in [0.2, 0.25) is 0 Å². The average Bonchev–Trinajstić information content (AvgIpc) is 2.40. The number of hydrogen-bond donors (Lipinski definition) is 1. The molecule has 100 valence electrons. The topological polar surface area (TPSA) is 24.5 Å². The molecule has 1 atom stereocenters. The van der Waals surface area contributed by atoms with Gasteiger partial charge in [-0.05, 0) is 12.6 Å². The van der Waals surface area contributed by atoms with E-state index in [4.69, 9.17) is 4.74 Å². The molecule has 2 rings (SSSR count). The molecule has 1 aliphatic heterocycles. The number of morpholine rings is 1. The second kappa shape index (κ2) is 6.83. The molecule has 0 aliphatic carbocycles. The Morgan fingerprint density at radius 2 is 2.06 bits per heavy atom. The molecule has 4 heteroatoms. The van der Waals surface area contributed by atoms with Crippen LogP contribution in [0.2, 0.25) is 0 Å². The van der Waals surface area contributed by atoms with Crippen molar-refractivity contribution in [2.75, 3.05) is 39.4 Å². The van der Waals surface area contributed by atoms with Gasteiger partial charge in [0.15, 0.2) is 0 Å². The molecule has 0 aromatic heterocycles. The van der Waals surface area contributed by atoms with Crippen LogP contribution >= 0.6 is 0 Å². The Kier molecular flexibility index (Phi) is 5.11. The van der Waals surface area contributed by atoms with Gasteiger partial charge in [-0.15, -0.1) is 0 Å². The number of ether oxygens (including phenoxy) is 1. The highest BCUT2D eigenvalue weighted by Gasteiger charge is 2.19. The van der Waals surface area contributed by atoms with Gasteiger partial charge in [-0.2, -0.15) is 0 Å². The van der Waals surface area contributed by atoms with Crippen molar-refractivity contribution in [1.82, 2.24) is 10.2 Å². The third kappa shape index (κ3) is 3.51. The Balaban J connectivity index is 2.05. The summed E-state index contributed by atoms with van der Waals surface area (Å²) in [7, 11) is 0. The van der Waals surface area contributed by atoms with E-state index in [1.807, 2.05) is 19.1 Å². The Morgan fingerprint density at radius 1 is 1.33 bits per heavy atom. The highest BCUT2D eigenvalue weighted by Crippen LogP contribution is 2.18. The van der Waals surface area contributed by atoms with Crippen molar-refractivity contribution in [2.24, 2.45) is 0 Å². The van der Waals surface area contributed by atoms with Gasteiger partial charge in [-0.25, -0.2) is 4.39 Å². The van der Waals surface area contributed by atoms with Gasteiger partial charge in [-0.1, -0.05) is 25.1 Å². The average molecular weight is 252 g/mol. The Labute approximate surface area is 108 Å². The van der Waals surface area contributed by atoms with Crippen LogP contribution in [-0.2, 0) is 4.74 Å². The fraction of sp³-hybridized carbons (Fsp3) is 0.571. The molecule has 1 aromatic rings. The smallest absolute Gasteiger partial charge is 0.128 e. The van der Waals surface area contributed by atoms with E-state index in [0.717, 1.165) is 45.0 Å². The minimum atomic E-state index is -0.128. The number of likely N-dealkylation sites (N-methyl/N-ethyl adjacent to an activating group) is 1. The molecule has 1 aliphatic rings. The molecule has 1 saturated heterocycles. The zero-order valence-corrected chi connectivity index (χ0v) is 10.9. The number of nitrogens with one attached hydrogen (secondary N) is 1. The summed E-state index contributed by atoms with van der Waals surface area (Å²) in [5, 5.41) is 3.36. The number of hydrogen-bond acceptors (Lipinski definition) is 3. The van der Waals surface area contributed by atoms with Crippen LogP contribution in [0.4, 0.5) is 4.39 Å². The maximum absolute atomic E-state index is 13.8. The van der Waals surface area contributed by atoms with Crippen molar-refractivity contribution in [2.45, 2.75) is 13.0 Å². The molecule has 0 spiro atoms. The standard InChI is InChI=1S/C14H21FN2O/c1-2-16-14(11-17-7-9-18-10-8-17)12-5-3-4-6-13(12)15/h3-6,14,16H,2,7-11H2,1H3. The van der Waals surface area contributed by atoms with Crippen LogP contribution in [0, 0.1) is 5.82 Å². The maximum atomic E-state index is 13.8. The summed E-state index contributed by atoms with van der Waals surface area (Å²) in [5.41, 5.74) is 0.755. The van der Waals surface area contributed by atoms with Gasteiger partial charge in [0.05, 0.1) is 13.2 Å². The zero-order chi connectivity index (χ0) is 12.8. The van der Waals surface area contributed by atoms with Gasteiger partial charge < -0.3 is 10.1 Å². The van der Waals surface area contributed by atoms with Crippen LogP contribution in [0.3, 0.4) is 0 Å². The molecular weight excluding hydrogens is 231 g/mol. The summed E-state index contributed by atoms with van der Waals surface area (Å²) in [5.74, 6) is -0.128. The summed E-state index contributed by atoms with van der Waals surface area (Å²) in [6.45, 7) is 7.12. The van der Waals surface area contributed by atoms with Crippen molar-refractivity contribution in [3.8, 4) is 0 Å². The first-order chi connectivity index (χ1) is 8.81. The third-order valence-electron chi connectivity index (χ3n) is 3.28. The highest BCUT2D eigenvalue weighted by molar-refractivity contribution is 5.21. The van der Waals surface area contributed by atoms with Crippen LogP contribution in [0.25, 0.3) is 0 Å². The van der Waals surface area contributed by atoms with E-state index in [0.29, 0.717) is 0 Å². The molecule has 1 heterocycles. The van der Waals surface area contributed by atoms with Gasteiger partial charge in [0.25, 0.3) is 0 Å². The highest BCUT2D eigenvalue weighted by atomic mass is 19.1.